The first-order valence-electron chi connectivity index (χ1n) is 9.19. The molecule has 0 aliphatic carbocycles. The van der Waals surface area contributed by atoms with Crippen LogP contribution >= 0.6 is 11.8 Å². The standard InChI is InChI=1S/C21H23F3N2OS/c1-14(2)25(12-15-9-18(23)11-19(24)10-15)13-20(27)26-7-8-28-21(26)16-3-5-17(22)6-4-16/h3-6,9-11,14,21H,7-8,12-13H2,1-2H3/t21-/m1/s1. The molecule has 0 spiro atoms. The van der Waals surface area contributed by atoms with Crippen molar-refractivity contribution in [3.63, 3.8) is 0 Å². The lowest BCUT2D eigenvalue weighted by Crippen LogP contribution is -2.42. The van der Waals surface area contributed by atoms with Crippen LogP contribution in [0, 0.1) is 17.5 Å². The zero-order valence-corrected chi connectivity index (χ0v) is 16.7. The van der Waals surface area contributed by atoms with Crippen LogP contribution in [0.25, 0.3) is 0 Å². The highest BCUT2D eigenvalue weighted by Gasteiger charge is 2.31. The zero-order valence-electron chi connectivity index (χ0n) is 15.9. The van der Waals surface area contributed by atoms with Crippen LogP contribution in [-0.4, -0.2) is 40.6 Å². The van der Waals surface area contributed by atoms with E-state index in [2.05, 4.69) is 0 Å². The van der Waals surface area contributed by atoms with Crippen LogP contribution in [0.3, 0.4) is 0 Å². The Balaban J connectivity index is 1.71. The first-order chi connectivity index (χ1) is 13.3. The van der Waals surface area contributed by atoms with Crippen LogP contribution in [0.4, 0.5) is 13.2 Å². The number of carbonyl (C=O) groups is 1. The van der Waals surface area contributed by atoms with E-state index in [9.17, 15) is 18.0 Å². The first kappa shape index (κ1) is 20.7. The molecule has 1 heterocycles. The Bertz CT molecular complexity index is 809. The Hall–Kier alpha value is -1.99. The van der Waals surface area contributed by atoms with Crippen molar-refractivity contribution in [2.45, 2.75) is 31.8 Å². The van der Waals surface area contributed by atoms with Crippen molar-refractivity contribution in [3.05, 3.63) is 71.0 Å². The van der Waals surface area contributed by atoms with E-state index in [1.54, 1.807) is 28.8 Å². The van der Waals surface area contributed by atoms with E-state index in [0.29, 0.717) is 12.1 Å². The van der Waals surface area contributed by atoms with Crippen molar-refractivity contribution < 1.29 is 18.0 Å². The fourth-order valence-electron chi connectivity index (χ4n) is 3.25. The fourth-order valence-corrected chi connectivity index (χ4v) is 4.53. The Labute approximate surface area is 167 Å². The van der Waals surface area contributed by atoms with E-state index in [-0.39, 0.29) is 36.2 Å². The molecule has 0 aromatic heterocycles. The Morgan fingerprint density at radius 3 is 2.36 bits per heavy atom. The molecule has 3 rings (SSSR count). The summed E-state index contributed by atoms with van der Waals surface area (Å²) in [6.07, 6.45) is 0. The number of thioether (sulfide) groups is 1. The van der Waals surface area contributed by atoms with Crippen LogP contribution in [0.15, 0.2) is 42.5 Å². The number of amides is 1. The lowest BCUT2D eigenvalue weighted by Gasteiger charge is -2.30. The smallest absolute Gasteiger partial charge is 0.237 e. The van der Waals surface area contributed by atoms with Crippen molar-refractivity contribution >= 4 is 17.7 Å². The van der Waals surface area contributed by atoms with Gasteiger partial charge in [-0.25, -0.2) is 13.2 Å². The zero-order chi connectivity index (χ0) is 20.3. The molecule has 1 aliphatic rings. The second-order valence-electron chi connectivity index (χ2n) is 7.14. The summed E-state index contributed by atoms with van der Waals surface area (Å²) in [5, 5.41) is -0.145. The van der Waals surface area contributed by atoms with E-state index in [0.717, 1.165) is 17.4 Å². The quantitative estimate of drug-likeness (QED) is 0.699. The average molecular weight is 408 g/mol. The Morgan fingerprint density at radius 1 is 1.11 bits per heavy atom. The van der Waals surface area contributed by atoms with Crippen LogP contribution in [-0.2, 0) is 11.3 Å². The van der Waals surface area contributed by atoms with Gasteiger partial charge in [0.2, 0.25) is 5.91 Å². The molecule has 0 saturated carbocycles. The molecule has 0 bridgehead atoms. The molecule has 0 N–H and O–H groups in total. The number of hydrogen-bond donors (Lipinski definition) is 0. The van der Waals surface area contributed by atoms with Gasteiger partial charge >= 0.3 is 0 Å². The minimum Gasteiger partial charge on any atom is -0.325 e. The van der Waals surface area contributed by atoms with Gasteiger partial charge in [0.25, 0.3) is 0 Å². The fraction of sp³-hybridized carbons (Fsp3) is 0.381. The van der Waals surface area contributed by atoms with E-state index < -0.39 is 11.6 Å². The van der Waals surface area contributed by atoms with Crippen LogP contribution < -0.4 is 0 Å². The topological polar surface area (TPSA) is 23.6 Å². The molecule has 150 valence electrons. The van der Waals surface area contributed by atoms with Crippen LogP contribution in [0.5, 0.6) is 0 Å². The molecule has 1 atom stereocenters. The summed E-state index contributed by atoms with van der Waals surface area (Å²) >= 11 is 1.65. The molecule has 3 nitrogen and oxygen atoms in total. The molecule has 1 amide bonds. The summed E-state index contributed by atoms with van der Waals surface area (Å²) in [7, 11) is 0. The van der Waals surface area contributed by atoms with Gasteiger partial charge in [-0.2, -0.15) is 0 Å². The van der Waals surface area contributed by atoms with Gasteiger partial charge in [-0.05, 0) is 49.2 Å². The largest absolute Gasteiger partial charge is 0.325 e. The molecule has 0 radical (unpaired) electrons. The molecule has 2 aromatic carbocycles. The maximum atomic E-state index is 13.5. The molecule has 1 saturated heterocycles. The summed E-state index contributed by atoms with van der Waals surface area (Å²) in [4.78, 5) is 16.7. The van der Waals surface area contributed by atoms with Crippen LogP contribution in [0.2, 0.25) is 0 Å². The van der Waals surface area contributed by atoms with Gasteiger partial charge in [-0.1, -0.05) is 12.1 Å². The molecule has 2 aromatic rings. The van der Waals surface area contributed by atoms with E-state index in [1.165, 1.54) is 24.3 Å². The number of benzene rings is 2. The van der Waals surface area contributed by atoms with Gasteiger partial charge in [0.15, 0.2) is 0 Å². The number of nitrogens with zero attached hydrogens (tertiary/aromatic N) is 2. The predicted octanol–water partition coefficient (Wildman–Crippen LogP) is 4.59. The number of halogens is 3. The molecule has 7 heteroatoms. The highest BCUT2D eigenvalue weighted by molar-refractivity contribution is 7.99. The van der Waals surface area contributed by atoms with Crippen molar-refractivity contribution in [2.24, 2.45) is 0 Å². The van der Waals surface area contributed by atoms with Gasteiger partial charge < -0.3 is 4.90 Å². The van der Waals surface area contributed by atoms with Gasteiger partial charge in [-0.15, -0.1) is 11.8 Å². The summed E-state index contributed by atoms with van der Waals surface area (Å²) in [5.41, 5.74) is 1.38. The monoisotopic (exact) mass is 408 g/mol. The van der Waals surface area contributed by atoms with Gasteiger partial charge in [0.05, 0.1) is 6.54 Å². The third-order valence-corrected chi connectivity index (χ3v) is 6.00. The Morgan fingerprint density at radius 2 is 1.75 bits per heavy atom. The molecular formula is C21H23F3N2OS. The van der Waals surface area contributed by atoms with Crippen LogP contribution in [0.1, 0.15) is 30.3 Å². The summed E-state index contributed by atoms with van der Waals surface area (Å²) in [6.45, 7) is 4.93. The number of carbonyl (C=O) groups excluding carboxylic acids is 1. The third-order valence-electron chi connectivity index (χ3n) is 4.74. The van der Waals surface area contributed by atoms with Crippen molar-refractivity contribution in [2.75, 3.05) is 18.8 Å². The number of hydrogen-bond acceptors (Lipinski definition) is 3. The van der Waals surface area contributed by atoms with Gasteiger partial charge in [0.1, 0.15) is 22.8 Å². The molecule has 28 heavy (non-hydrogen) atoms. The van der Waals surface area contributed by atoms with Crippen molar-refractivity contribution in [3.8, 4) is 0 Å². The lowest BCUT2D eigenvalue weighted by molar-refractivity contribution is -0.133. The minimum atomic E-state index is -0.627. The van der Waals surface area contributed by atoms with Gasteiger partial charge in [-0.3, -0.25) is 9.69 Å². The average Bonchev–Trinajstić information content (AvgIpc) is 3.10. The summed E-state index contributed by atoms with van der Waals surface area (Å²) < 4.78 is 40.2. The number of rotatable bonds is 6. The molecular weight excluding hydrogens is 385 g/mol. The highest BCUT2D eigenvalue weighted by atomic mass is 32.2. The predicted molar refractivity (Wildman–Crippen MR) is 105 cm³/mol. The van der Waals surface area contributed by atoms with E-state index in [4.69, 9.17) is 0 Å². The maximum Gasteiger partial charge on any atom is 0.237 e. The molecule has 1 aliphatic heterocycles. The SMILES string of the molecule is CC(C)N(CC(=O)N1CCS[C@@H]1c1ccc(F)cc1)Cc1cc(F)cc(F)c1. The first-order valence-corrected chi connectivity index (χ1v) is 10.2. The lowest BCUT2D eigenvalue weighted by atomic mass is 10.1. The summed E-state index contributed by atoms with van der Waals surface area (Å²) in [6, 6.07) is 9.64. The minimum absolute atomic E-state index is 0.0230. The second-order valence-corrected chi connectivity index (χ2v) is 8.33. The molecule has 0 unspecified atom stereocenters. The van der Waals surface area contributed by atoms with E-state index >= 15 is 0 Å². The normalized spacial score (nSPS) is 17.0. The van der Waals surface area contributed by atoms with Gasteiger partial charge in [0, 0.05) is 31.0 Å². The maximum absolute atomic E-state index is 13.5. The Kier molecular flexibility index (Phi) is 6.67. The third kappa shape index (κ3) is 5.08. The van der Waals surface area contributed by atoms with E-state index in [1.807, 2.05) is 18.7 Å². The van der Waals surface area contributed by atoms with Crippen molar-refractivity contribution in [1.82, 2.24) is 9.80 Å². The second kappa shape index (κ2) is 9.01. The summed E-state index contributed by atoms with van der Waals surface area (Å²) in [5.74, 6) is -0.803. The highest BCUT2D eigenvalue weighted by Crippen LogP contribution is 2.38. The van der Waals surface area contributed by atoms with Crippen molar-refractivity contribution in [1.29, 1.82) is 0 Å². The molecule has 1 fully saturated rings.